The number of nitrogens with one attached hydrogen (secondary N) is 4. The normalized spacial score (nSPS) is 20.9. The number of nitrogens with zero attached hydrogens (tertiary/aromatic N) is 1. The van der Waals surface area contributed by atoms with Gasteiger partial charge in [-0.2, -0.15) is 13.2 Å². The standard InChI is InChI=1S/C50H48F3N5O8/c1-58(2)39-24-34(25-40(58)47-46(39)66-47)64-49(63)56-38-22-28(12-16-35(38)30-8-4-3-5-9-30)7-6-10-43(60)55-33-15-14-31-21-29(11-13-32(31)23-33)26-54-27-41(59)36-17-19-42(65-48(62)50(51,52)53)45-37(36)18-20-44(61)57-45/h3-5,8-9,11-23,34,39-41,46-47,54,59H,6-7,10,24-27H2,1-2H3,(H2-,55,56,57,60,61,63)/p+1/t34?,39-,40+,41-,46-,47+/m0/s1. The molecule has 6 aromatic rings. The van der Waals surface area contributed by atoms with Crippen LogP contribution in [0.5, 0.6) is 5.75 Å². The second-order valence-corrected chi connectivity index (χ2v) is 17.8. The molecule has 3 aliphatic heterocycles. The fourth-order valence-electron chi connectivity index (χ4n) is 9.72. The highest BCUT2D eigenvalue weighted by molar-refractivity contribution is 5.95. The van der Waals surface area contributed by atoms with E-state index in [1.165, 1.54) is 12.1 Å². The van der Waals surface area contributed by atoms with Crippen molar-refractivity contribution in [3.05, 3.63) is 136 Å². The third-order valence-electron chi connectivity index (χ3n) is 13.1. The number of aliphatic hydroxyl groups is 1. The van der Waals surface area contributed by atoms with Crippen molar-refractivity contribution in [3.63, 3.8) is 0 Å². The van der Waals surface area contributed by atoms with E-state index in [0.717, 1.165) is 62.5 Å². The molecule has 0 radical (unpaired) electrons. The molecular weight excluding hydrogens is 856 g/mol. The largest absolute Gasteiger partial charge is 0.491 e. The average molecular weight is 905 g/mol. The van der Waals surface area contributed by atoms with Crippen LogP contribution in [-0.4, -0.2) is 89.8 Å². The number of rotatable bonds is 14. The van der Waals surface area contributed by atoms with Gasteiger partial charge < -0.3 is 39.4 Å². The molecule has 5 aromatic carbocycles. The van der Waals surface area contributed by atoms with Crippen LogP contribution in [0.1, 0.15) is 48.5 Å². The van der Waals surface area contributed by atoms with Crippen molar-refractivity contribution in [2.45, 2.75) is 81.3 Å². The minimum Gasteiger partial charge on any atom is -0.445 e. The number of fused-ring (bicyclic) bond motifs is 7. The third kappa shape index (κ3) is 9.54. The molecule has 4 heterocycles. The van der Waals surface area contributed by atoms with E-state index >= 15 is 0 Å². The molecule has 2 bridgehead atoms. The van der Waals surface area contributed by atoms with Gasteiger partial charge in [0.05, 0.1) is 31.4 Å². The molecule has 0 aliphatic carbocycles. The summed E-state index contributed by atoms with van der Waals surface area (Å²) in [6, 6.07) is 32.9. The maximum atomic E-state index is 13.4. The number of alkyl halides is 3. The smallest absolute Gasteiger partial charge is 0.445 e. The first-order valence-corrected chi connectivity index (χ1v) is 21.9. The van der Waals surface area contributed by atoms with Crippen LogP contribution in [0.25, 0.3) is 32.8 Å². The molecule has 1 aromatic heterocycles. The Kier molecular flexibility index (Phi) is 12.2. The molecular formula is C50H49F3N5O8+. The number of epoxide rings is 1. The minimum atomic E-state index is -5.24. The van der Waals surface area contributed by atoms with E-state index in [9.17, 15) is 37.5 Å². The maximum Gasteiger partial charge on any atom is 0.491 e. The van der Waals surface area contributed by atoms with E-state index < -0.39 is 35.7 Å². The number of ether oxygens (including phenoxy) is 3. The number of morpholine rings is 1. The maximum absolute atomic E-state index is 13.4. The number of aromatic amines is 1. The Morgan fingerprint density at radius 3 is 2.35 bits per heavy atom. The summed E-state index contributed by atoms with van der Waals surface area (Å²) in [6.07, 6.45) is -3.44. The van der Waals surface area contributed by atoms with Gasteiger partial charge in [-0.15, -0.1) is 0 Å². The number of H-pyrrole nitrogens is 1. The van der Waals surface area contributed by atoms with Crippen molar-refractivity contribution in [1.82, 2.24) is 10.3 Å². The molecule has 13 nitrogen and oxygen atoms in total. The van der Waals surface area contributed by atoms with Gasteiger partial charge in [0.25, 0.3) is 0 Å². The fraction of sp³-hybridized carbons (Fsp3) is 0.320. The van der Waals surface area contributed by atoms with E-state index in [2.05, 4.69) is 39.8 Å². The topological polar surface area (TPSA) is 171 Å². The first-order valence-electron chi connectivity index (χ1n) is 21.9. The average Bonchev–Trinajstić information content (AvgIpc) is 4.05. The number of aromatic nitrogens is 1. The summed E-state index contributed by atoms with van der Waals surface area (Å²) >= 11 is 0. The number of hydrogen-bond acceptors (Lipinski definition) is 9. The molecule has 3 fully saturated rings. The van der Waals surface area contributed by atoms with E-state index in [1.807, 2.05) is 84.9 Å². The molecule has 0 spiro atoms. The van der Waals surface area contributed by atoms with Crippen molar-refractivity contribution in [2.75, 3.05) is 31.3 Å². The summed E-state index contributed by atoms with van der Waals surface area (Å²) in [5, 5.41) is 22.3. The summed E-state index contributed by atoms with van der Waals surface area (Å²) < 4.78 is 55.9. The van der Waals surface area contributed by atoms with Gasteiger partial charge >= 0.3 is 18.2 Å². The molecule has 3 aliphatic rings. The van der Waals surface area contributed by atoms with Crippen LogP contribution in [0.2, 0.25) is 0 Å². The van der Waals surface area contributed by atoms with E-state index in [4.69, 9.17) is 9.47 Å². The molecule has 1 unspecified atom stereocenters. The number of quaternary nitrogens is 1. The second kappa shape index (κ2) is 18.0. The van der Waals surface area contributed by atoms with Crippen LogP contribution >= 0.6 is 0 Å². The summed E-state index contributed by atoms with van der Waals surface area (Å²) in [4.78, 5) is 52.3. The number of pyridine rings is 1. The number of hydrogen-bond donors (Lipinski definition) is 5. The molecule has 0 saturated carbocycles. The number of likely N-dealkylation sites (N-methyl/N-ethyl adjacent to an activating group) is 1. The number of halogens is 3. The monoisotopic (exact) mass is 904 g/mol. The van der Waals surface area contributed by atoms with Crippen LogP contribution in [0.15, 0.2) is 114 Å². The lowest BCUT2D eigenvalue weighted by atomic mass is 9.96. The quantitative estimate of drug-likeness (QED) is 0.0316. The van der Waals surface area contributed by atoms with E-state index in [0.29, 0.717) is 48.4 Å². The first kappa shape index (κ1) is 44.6. The van der Waals surface area contributed by atoms with Gasteiger partial charge in [0.15, 0.2) is 5.75 Å². The fourth-order valence-corrected chi connectivity index (χ4v) is 9.72. The van der Waals surface area contributed by atoms with Gasteiger partial charge in [-0.1, -0.05) is 66.7 Å². The van der Waals surface area contributed by atoms with Crippen molar-refractivity contribution >= 4 is 51.0 Å². The number of amides is 2. The van der Waals surface area contributed by atoms with Crippen LogP contribution in [0, 0.1) is 0 Å². The van der Waals surface area contributed by atoms with Gasteiger partial charge in [0.2, 0.25) is 11.5 Å². The number of aryl methyl sites for hydroxylation is 1. The highest BCUT2D eigenvalue weighted by Gasteiger charge is 2.70. The third-order valence-corrected chi connectivity index (χ3v) is 13.1. The Hall–Kier alpha value is -6.59. The van der Waals surface area contributed by atoms with Crippen LogP contribution in [0.3, 0.4) is 0 Å². The Bertz CT molecular complexity index is 2870. The second-order valence-electron chi connectivity index (χ2n) is 17.8. The first-order chi connectivity index (χ1) is 31.6. The summed E-state index contributed by atoms with van der Waals surface area (Å²) in [7, 11) is 4.49. The van der Waals surface area contributed by atoms with E-state index in [1.54, 1.807) is 0 Å². The van der Waals surface area contributed by atoms with Crippen molar-refractivity contribution in [3.8, 4) is 16.9 Å². The lowest BCUT2D eigenvalue weighted by Crippen LogP contribution is -2.60. The number of carbonyl (C=O) groups excluding carboxylic acids is 3. The van der Waals surface area contributed by atoms with Gasteiger partial charge in [-0.05, 0) is 82.3 Å². The lowest BCUT2D eigenvalue weighted by Gasteiger charge is -2.45. The number of aliphatic hydroxyl groups excluding tert-OH is 1. The molecule has 66 heavy (non-hydrogen) atoms. The Morgan fingerprint density at radius 1 is 0.864 bits per heavy atom. The zero-order valence-electron chi connectivity index (χ0n) is 36.2. The zero-order chi connectivity index (χ0) is 46.3. The molecule has 342 valence electrons. The molecule has 3 saturated heterocycles. The van der Waals surface area contributed by atoms with Crippen molar-refractivity contribution in [2.24, 2.45) is 0 Å². The highest BCUT2D eigenvalue weighted by atomic mass is 19.4. The molecule has 6 atom stereocenters. The number of benzene rings is 5. The predicted molar refractivity (Wildman–Crippen MR) is 242 cm³/mol. The molecule has 9 rings (SSSR count). The summed E-state index contributed by atoms with van der Waals surface area (Å²) in [5.74, 6) is -3.05. The Balaban J connectivity index is 0.770. The zero-order valence-corrected chi connectivity index (χ0v) is 36.2. The molecule has 16 heteroatoms. The molecule has 5 N–H and O–H groups in total. The van der Waals surface area contributed by atoms with Crippen LogP contribution in [0.4, 0.5) is 29.3 Å². The van der Waals surface area contributed by atoms with Gasteiger partial charge in [0.1, 0.15) is 30.4 Å². The number of esters is 1. The summed E-state index contributed by atoms with van der Waals surface area (Å²) in [6.45, 7) is 0.426. The Morgan fingerprint density at radius 2 is 1.59 bits per heavy atom. The van der Waals surface area contributed by atoms with Crippen LogP contribution in [-0.2, 0) is 32.0 Å². The lowest BCUT2D eigenvalue weighted by molar-refractivity contribution is -0.938. The number of anilines is 2. The minimum absolute atomic E-state index is 0.0569. The Labute approximate surface area is 377 Å². The van der Waals surface area contributed by atoms with E-state index in [-0.39, 0.29) is 48.1 Å². The number of carbonyl (C=O) groups is 3. The highest BCUT2D eigenvalue weighted by Crippen LogP contribution is 2.51. The molecule has 2 amide bonds. The van der Waals surface area contributed by atoms with Crippen molar-refractivity contribution < 1.29 is 51.4 Å². The summed E-state index contributed by atoms with van der Waals surface area (Å²) in [5.41, 5.74) is 4.58. The van der Waals surface area contributed by atoms with Gasteiger partial charge in [0, 0.05) is 55.1 Å². The number of piperidine rings is 1. The van der Waals surface area contributed by atoms with Gasteiger partial charge in [-0.3, -0.25) is 14.9 Å². The predicted octanol–water partition coefficient (Wildman–Crippen LogP) is 7.91. The van der Waals surface area contributed by atoms with Gasteiger partial charge in [-0.25, -0.2) is 9.59 Å². The SMILES string of the molecule is C[N+]1(C)[C@@H]2CC(OC(=O)Nc3cc(CCCC(=O)Nc4ccc5cc(CNC[C@H](O)c6ccc(OC(=O)C(F)(F)F)c7[nH]c(=O)ccc67)ccc5c4)ccc3-c3ccccc3)C[C@H]1[C@@H]1O[C@@H]12. The van der Waals surface area contributed by atoms with Crippen LogP contribution < -0.4 is 26.2 Å². The van der Waals surface area contributed by atoms with Crippen molar-refractivity contribution in [1.29, 1.82) is 0 Å².